The predicted molar refractivity (Wildman–Crippen MR) is 75.5 cm³/mol. The molecular weight excluding hydrogens is 254 g/mol. The summed E-state index contributed by atoms with van der Waals surface area (Å²) in [5.41, 5.74) is 1.32. The van der Waals surface area contributed by atoms with E-state index in [4.69, 9.17) is 0 Å². The molecule has 100 valence electrons. The maximum absolute atomic E-state index is 12.2. The van der Waals surface area contributed by atoms with Crippen LogP contribution in [0.3, 0.4) is 0 Å². The molecule has 0 aromatic heterocycles. The van der Waals surface area contributed by atoms with Crippen molar-refractivity contribution in [1.29, 1.82) is 0 Å². The highest BCUT2D eigenvalue weighted by molar-refractivity contribution is 6.27. The zero-order valence-corrected chi connectivity index (χ0v) is 11.0. The summed E-state index contributed by atoms with van der Waals surface area (Å²) in [7, 11) is 0. The van der Waals surface area contributed by atoms with Crippen molar-refractivity contribution in [3.05, 3.63) is 65.3 Å². The largest absolute Gasteiger partial charge is 0.289 e. The highest BCUT2D eigenvalue weighted by Crippen LogP contribution is 2.21. The average molecular weight is 267 g/mol. The van der Waals surface area contributed by atoms with E-state index in [9.17, 15) is 14.4 Å². The van der Waals surface area contributed by atoms with Crippen LogP contribution >= 0.6 is 0 Å². The molecular formula is C16H13NO3. The van der Waals surface area contributed by atoms with Crippen LogP contribution in [-0.2, 0) is 14.4 Å². The number of ketones is 1. The minimum atomic E-state index is -0.563. The molecule has 4 nitrogen and oxygen atoms in total. The number of nitrogens with one attached hydrogen (secondary N) is 1. The number of amides is 2. The van der Waals surface area contributed by atoms with E-state index < -0.39 is 11.8 Å². The van der Waals surface area contributed by atoms with Gasteiger partial charge in [-0.2, -0.15) is 0 Å². The van der Waals surface area contributed by atoms with Gasteiger partial charge in [0, 0.05) is 11.6 Å². The number of rotatable bonds is 4. The Labute approximate surface area is 116 Å². The van der Waals surface area contributed by atoms with E-state index in [0.29, 0.717) is 5.57 Å². The molecule has 0 unspecified atom stereocenters. The van der Waals surface area contributed by atoms with Crippen LogP contribution < -0.4 is 5.32 Å². The minimum absolute atomic E-state index is 0.0758. The third-order valence-corrected chi connectivity index (χ3v) is 2.79. The van der Waals surface area contributed by atoms with E-state index in [1.165, 1.54) is 0 Å². The Kier molecular flexibility index (Phi) is 3.75. The molecule has 4 heteroatoms. The van der Waals surface area contributed by atoms with Crippen molar-refractivity contribution in [2.24, 2.45) is 0 Å². The van der Waals surface area contributed by atoms with Crippen LogP contribution in [0.15, 0.2) is 59.7 Å². The molecule has 1 aliphatic rings. The number of Topliss-reactive ketones (excluding diaryl/α,β-unsaturated/α-hetero) is 1. The monoisotopic (exact) mass is 267 g/mol. The van der Waals surface area contributed by atoms with Crippen molar-refractivity contribution in [3.8, 4) is 0 Å². The van der Waals surface area contributed by atoms with Crippen LogP contribution in [0, 0.1) is 0 Å². The summed E-state index contributed by atoms with van der Waals surface area (Å²) in [6, 6.07) is 9.11. The second-order valence-electron chi connectivity index (χ2n) is 4.45. The van der Waals surface area contributed by atoms with E-state index >= 15 is 0 Å². The van der Waals surface area contributed by atoms with Crippen LogP contribution in [0.2, 0.25) is 0 Å². The number of carbonyl (C=O) groups excluding carboxylic acids is 3. The standard InChI is InChI=1S/C16H13NO3/c1-10(2)15(19)12(8-11-6-4-3-5-7-11)13-9-14(18)17-16(13)20/h3-9H,1H2,2H3,(H,17,18,20). The summed E-state index contributed by atoms with van der Waals surface area (Å²) in [6.45, 7) is 5.16. The normalized spacial score (nSPS) is 14.8. The topological polar surface area (TPSA) is 63.2 Å². The minimum Gasteiger partial charge on any atom is -0.289 e. The average Bonchev–Trinajstić information content (AvgIpc) is 2.75. The Morgan fingerprint density at radius 1 is 1.20 bits per heavy atom. The number of carbonyl (C=O) groups is 3. The molecule has 1 N–H and O–H groups in total. The molecule has 1 aliphatic heterocycles. The van der Waals surface area contributed by atoms with Crippen molar-refractivity contribution >= 4 is 23.7 Å². The van der Waals surface area contributed by atoms with E-state index in [1.54, 1.807) is 25.1 Å². The SMILES string of the molecule is C=C(C)C(=O)C(=Cc1ccccc1)C1=CC(=O)NC1=O. The van der Waals surface area contributed by atoms with Gasteiger partial charge < -0.3 is 0 Å². The maximum Gasteiger partial charge on any atom is 0.259 e. The molecule has 2 amide bonds. The highest BCUT2D eigenvalue weighted by Gasteiger charge is 2.27. The van der Waals surface area contributed by atoms with Crippen molar-refractivity contribution < 1.29 is 14.4 Å². The second-order valence-corrected chi connectivity index (χ2v) is 4.45. The fourth-order valence-corrected chi connectivity index (χ4v) is 1.82. The third-order valence-electron chi connectivity index (χ3n) is 2.79. The first-order chi connectivity index (χ1) is 9.49. The Bertz CT molecular complexity index is 666. The summed E-state index contributed by atoms with van der Waals surface area (Å²) in [5.74, 6) is -1.43. The number of allylic oxidation sites excluding steroid dienone is 1. The van der Waals surface area contributed by atoms with Crippen LogP contribution in [0.5, 0.6) is 0 Å². The van der Waals surface area contributed by atoms with Gasteiger partial charge in [-0.1, -0.05) is 36.9 Å². The van der Waals surface area contributed by atoms with Gasteiger partial charge in [-0.15, -0.1) is 0 Å². The highest BCUT2D eigenvalue weighted by atomic mass is 16.2. The molecule has 1 aromatic carbocycles. The zero-order valence-electron chi connectivity index (χ0n) is 11.0. The molecule has 1 aromatic rings. The molecule has 0 saturated carbocycles. The number of benzene rings is 1. The third kappa shape index (κ3) is 2.80. The van der Waals surface area contributed by atoms with Gasteiger partial charge in [0.05, 0.1) is 5.57 Å². The van der Waals surface area contributed by atoms with Crippen molar-refractivity contribution in [1.82, 2.24) is 5.32 Å². The first kappa shape index (κ1) is 13.7. The van der Waals surface area contributed by atoms with Gasteiger partial charge in [-0.25, -0.2) is 0 Å². The van der Waals surface area contributed by atoms with E-state index in [1.807, 2.05) is 18.2 Å². The number of hydrogen-bond donors (Lipinski definition) is 1. The van der Waals surface area contributed by atoms with Gasteiger partial charge >= 0.3 is 0 Å². The quantitative estimate of drug-likeness (QED) is 0.668. The summed E-state index contributed by atoms with van der Waals surface area (Å²) < 4.78 is 0. The molecule has 0 fully saturated rings. The van der Waals surface area contributed by atoms with Gasteiger partial charge in [0.2, 0.25) is 0 Å². The first-order valence-electron chi connectivity index (χ1n) is 6.03. The van der Waals surface area contributed by atoms with Crippen LogP contribution in [0.4, 0.5) is 0 Å². The van der Waals surface area contributed by atoms with Gasteiger partial charge in [0.15, 0.2) is 5.78 Å². The maximum atomic E-state index is 12.2. The zero-order chi connectivity index (χ0) is 14.7. The fourth-order valence-electron chi connectivity index (χ4n) is 1.82. The molecule has 0 atom stereocenters. The number of hydrogen-bond acceptors (Lipinski definition) is 3. The number of imide groups is 1. The van der Waals surface area contributed by atoms with Crippen molar-refractivity contribution in [3.63, 3.8) is 0 Å². The lowest BCUT2D eigenvalue weighted by molar-refractivity contribution is -0.124. The van der Waals surface area contributed by atoms with Crippen molar-refractivity contribution in [2.45, 2.75) is 6.92 Å². The molecule has 0 bridgehead atoms. The lowest BCUT2D eigenvalue weighted by Crippen LogP contribution is -2.23. The Balaban J connectivity index is 2.52. The van der Waals surface area contributed by atoms with Gasteiger partial charge in [0.25, 0.3) is 11.8 Å². The molecule has 20 heavy (non-hydrogen) atoms. The van der Waals surface area contributed by atoms with Gasteiger partial charge in [-0.05, 0) is 24.1 Å². The van der Waals surface area contributed by atoms with Crippen molar-refractivity contribution in [2.75, 3.05) is 0 Å². The molecule has 0 aliphatic carbocycles. The summed E-state index contributed by atoms with van der Waals surface area (Å²) in [4.78, 5) is 35.2. The summed E-state index contributed by atoms with van der Waals surface area (Å²) >= 11 is 0. The molecule has 0 spiro atoms. The fraction of sp³-hybridized carbons (Fsp3) is 0.0625. The summed E-state index contributed by atoms with van der Waals surface area (Å²) in [5, 5.41) is 2.13. The molecule has 1 heterocycles. The predicted octanol–water partition coefficient (Wildman–Crippen LogP) is 1.80. The Hall–Kier alpha value is -2.75. The van der Waals surface area contributed by atoms with Gasteiger partial charge in [-0.3, -0.25) is 19.7 Å². The lowest BCUT2D eigenvalue weighted by atomic mass is 9.96. The molecule has 0 radical (unpaired) electrons. The van der Waals surface area contributed by atoms with E-state index in [0.717, 1.165) is 11.6 Å². The van der Waals surface area contributed by atoms with Crippen LogP contribution in [0.1, 0.15) is 12.5 Å². The summed E-state index contributed by atoms with van der Waals surface area (Å²) in [6.07, 6.45) is 2.72. The lowest BCUT2D eigenvalue weighted by Gasteiger charge is -2.06. The van der Waals surface area contributed by atoms with E-state index in [-0.39, 0.29) is 16.9 Å². The van der Waals surface area contributed by atoms with Gasteiger partial charge in [0.1, 0.15) is 0 Å². The Morgan fingerprint density at radius 2 is 1.85 bits per heavy atom. The van der Waals surface area contributed by atoms with Crippen LogP contribution in [0.25, 0.3) is 6.08 Å². The first-order valence-corrected chi connectivity index (χ1v) is 6.03. The molecule has 2 rings (SSSR count). The second kappa shape index (κ2) is 5.48. The molecule has 0 saturated heterocycles. The van der Waals surface area contributed by atoms with E-state index in [2.05, 4.69) is 11.9 Å². The Morgan fingerprint density at radius 3 is 2.35 bits per heavy atom. The smallest absolute Gasteiger partial charge is 0.259 e. The van der Waals surface area contributed by atoms with Crippen LogP contribution in [-0.4, -0.2) is 17.6 Å².